The number of ether oxygens (including phenoxy) is 1. The molecule has 23 heavy (non-hydrogen) atoms. The highest BCUT2D eigenvalue weighted by molar-refractivity contribution is 5.94. The van der Waals surface area contributed by atoms with Crippen molar-refractivity contribution in [1.29, 1.82) is 0 Å². The van der Waals surface area contributed by atoms with Crippen molar-refractivity contribution in [2.75, 3.05) is 5.43 Å². The zero-order valence-electron chi connectivity index (χ0n) is 12.4. The molecule has 0 aliphatic carbocycles. The molecule has 0 saturated heterocycles. The Kier molecular flexibility index (Phi) is 4.55. The molecule has 0 aliphatic heterocycles. The third-order valence-electron chi connectivity index (χ3n) is 3.19. The summed E-state index contributed by atoms with van der Waals surface area (Å²) < 4.78 is 5.70. The number of benzene rings is 3. The Labute approximate surface area is 134 Å². The van der Waals surface area contributed by atoms with Crippen molar-refractivity contribution in [2.45, 2.75) is 0 Å². The highest BCUT2D eigenvalue weighted by atomic mass is 16.5. The fraction of sp³-hybridized carbons (Fsp3) is 0. The van der Waals surface area contributed by atoms with E-state index in [1.807, 2.05) is 60.7 Å². The fourth-order valence-corrected chi connectivity index (χ4v) is 2.02. The molecule has 0 unspecified atom stereocenters. The fourth-order valence-electron chi connectivity index (χ4n) is 2.02. The van der Waals surface area contributed by atoms with Gasteiger partial charge in [0.05, 0.1) is 5.69 Å². The van der Waals surface area contributed by atoms with Crippen LogP contribution in [-0.2, 0) is 0 Å². The van der Waals surface area contributed by atoms with Crippen LogP contribution in [-0.4, -0.2) is 5.91 Å². The lowest BCUT2D eigenvalue weighted by Crippen LogP contribution is -2.29. The Bertz CT molecular complexity index is 756. The van der Waals surface area contributed by atoms with Gasteiger partial charge in [-0.05, 0) is 48.5 Å². The van der Waals surface area contributed by atoms with Crippen molar-refractivity contribution in [3.8, 4) is 11.5 Å². The van der Waals surface area contributed by atoms with Crippen LogP contribution in [0.1, 0.15) is 10.4 Å². The van der Waals surface area contributed by atoms with Crippen molar-refractivity contribution in [3.05, 3.63) is 90.5 Å². The van der Waals surface area contributed by atoms with Gasteiger partial charge < -0.3 is 4.74 Å². The van der Waals surface area contributed by atoms with E-state index >= 15 is 0 Å². The van der Waals surface area contributed by atoms with Crippen molar-refractivity contribution < 1.29 is 9.53 Å². The first-order chi connectivity index (χ1) is 11.3. The van der Waals surface area contributed by atoms with Gasteiger partial charge in [-0.25, -0.2) is 0 Å². The van der Waals surface area contributed by atoms with Gasteiger partial charge in [-0.2, -0.15) is 0 Å². The summed E-state index contributed by atoms with van der Waals surface area (Å²) in [6, 6.07) is 25.9. The maximum Gasteiger partial charge on any atom is 0.269 e. The molecule has 3 aromatic carbocycles. The highest BCUT2D eigenvalue weighted by Crippen LogP contribution is 2.21. The van der Waals surface area contributed by atoms with Crippen molar-refractivity contribution >= 4 is 11.6 Å². The van der Waals surface area contributed by atoms with E-state index in [4.69, 9.17) is 4.74 Å². The molecule has 3 aromatic rings. The van der Waals surface area contributed by atoms with E-state index in [-0.39, 0.29) is 5.91 Å². The van der Waals surface area contributed by atoms with Crippen LogP contribution < -0.4 is 15.6 Å². The molecule has 0 aromatic heterocycles. The van der Waals surface area contributed by atoms with Gasteiger partial charge in [0.1, 0.15) is 11.5 Å². The minimum Gasteiger partial charge on any atom is -0.457 e. The highest BCUT2D eigenvalue weighted by Gasteiger charge is 2.05. The van der Waals surface area contributed by atoms with Gasteiger partial charge in [-0.1, -0.05) is 36.4 Å². The summed E-state index contributed by atoms with van der Waals surface area (Å²) in [5.74, 6) is 1.24. The Hall–Kier alpha value is -3.27. The number of hydrazine groups is 1. The number of amides is 1. The molecule has 0 bridgehead atoms. The van der Waals surface area contributed by atoms with Crippen LogP contribution in [0.5, 0.6) is 11.5 Å². The lowest BCUT2D eigenvalue weighted by molar-refractivity contribution is 0.0962. The van der Waals surface area contributed by atoms with E-state index in [1.54, 1.807) is 24.3 Å². The quantitative estimate of drug-likeness (QED) is 0.693. The van der Waals surface area contributed by atoms with E-state index in [2.05, 4.69) is 10.9 Å². The zero-order chi connectivity index (χ0) is 15.9. The number of hydrogen-bond acceptors (Lipinski definition) is 3. The van der Waals surface area contributed by atoms with Crippen molar-refractivity contribution in [1.82, 2.24) is 5.43 Å². The summed E-state index contributed by atoms with van der Waals surface area (Å²) in [5.41, 5.74) is 6.90. The van der Waals surface area contributed by atoms with Crippen molar-refractivity contribution in [2.24, 2.45) is 0 Å². The number of carbonyl (C=O) groups is 1. The van der Waals surface area contributed by atoms with Gasteiger partial charge in [0.2, 0.25) is 0 Å². The zero-order valence-corrected chi connectivity index (χ0v) is 12.4. The van der Waals surface area contributed by atoms with Crippen molar-refractivity contribution in [3.63, 3.8) is 0 Å². The number of hydrogen-bond donors (Lipinski definition) is 2. The lowest BCUT2D eigenvalue weighted by atomic mass is 10.2. The van der Waals surface area contributed by atoms with Crippen LogP contribution in [0.15, 0.2) is 84.9 Å². The van der Waals surface area contributed by atoms with Crippen LogP contribution in [0.2, 0.25) is 0 Å². The molecule has 1 amide bonds. The third kappa shape index (κ3) is 4.11. The van der Waals surface area contributed by atoms with E-state index in [9.17, 15) is 4.79 Å². The maximum atomic E-state index is 12.1. The lowest BCUT2D eigenvalue weighted by Gasteiger charge is -2.09. The van der Waals surface area contributed by atoms with Gasteiger partial charge in [0.15, 0.2) is 0 Å². The average Bonchev–Trinajstić information content (AvgIpc) is 2.62. The second-order valence-corrected chi connectivity index (χ2v) is 4.88. The summed E-state index contributed by atoms with van der Waals surface area (Å²) in [7, 11) is 0. The maximum absolute atomic E-state index is 12.1. The minimum atomic E-state index is -0.208. The molecule has 4 nitrogen and oxygen atoms in total. The largest absolute Gasteiger partial charge is 0.457 e. The minimum absolute atomic E-state index is 0.208. The molecule has 0 saturated carbocycles. The monoisotopic (exact) mass is 304 g/mol. The SMILES string of the molecule is O=C(NNc1ccccc1)c1ccc(Oc2ccccc2)cc1. The first-order valence-corrected chi connectivity index (χ1v) is 7.26. The molecule has 114 valence electrons. The Morgan fingerprint density at radius 1 is 0.696 bits per heavy atom. The molecule has 0 heterocycles. The predicted octanol–water partition coefficient (Wildman–Crippen LogP) is 4.24. The molecule has 0 aliphatic rings. The number of anilines is 1. The summed E-state index contributed by atoms with van der Waals surface area (Å²) in [6.45, 7) is 0. The molecule has 0 radical (unpaired) electrons. The van der Waals surface area contributed by atoms with Gasteiger partial charge in [-0.15, -0.1) is 0 Å². The number of para-hydroxylation sites is 2. The number of nitrogens with one attached hydrogen (secondary N) is 2. The second-order valence-electron chi connectivity index (χ2n) is 4.88. The standard InChI is InChI=1S/C19H16N2O2/c22-19(21-20-16-7-3-1-4-8-16)15-11-13-18(14-12-15)23-17-9-5-2-6-10-17/h1-14,20H,(H,21,22). The Morgan fingerprint density at radius 3 is 1.91 bits per heavy atom. The van der Waals surface area contributed by atoms with Gasteiger partial charge in [0.25, 0.3) is 5.91 Å². The van der Waals surface area contributed by atoms with Gasteiger partial charge in [-0.3, -0.25) is 15.6 Å². The molecular formula is C19H16N2O2. The molecule has 4 heteroatoms. The van der Waals surface area contributed by atoms with Crippen LogP contribution in [0, 0.1) is 0 Å². The molecule has 0 atom stereocenters. The Balaban J connectivity index is 1.59. The average molecular weight is 304 g/mol. The molecule has 3 rings (SSSR count). The van der Waals surface area contributed by atoms with Gasteiger partial charge >= 0.3 is 0 Å². The smallest absolute Gasteiger partial charge is 0.269 e. The summed E-state index contributed by atoms with van der Waals surface area (Å²) in [4.78, 5) is 12.1. The first-order valence-electron chi connectivity index (χ1n) is 7.26. The van der Waals surface area contributed by atoms with E-state index in [0.717, 1.165) is 11.4 Å². The number of carbonyl (C=O) groups excluding carboxylic acids is 1. The molecule has 0 fully saturated rings. The van der Waals surface area contributed by atoms with E-state index < -0.39 is 0 Å². The summed E-state index contributed by atoms with van der Waals surface area (Å²) in [6.07, 6.45) is 0. The molecular weight excluding hydrogens is 288 g/mol. The predicted molar refractivity (Wildman–Crippen MR) is 90.5 cm³/mol. The summed E-state index contributed by atoms with van der Waals surface area (Å²) >= 11 is 0. The normalized spacial score (nSPS) is 9.91. The number of rotatable bonds is 5. The second kappa shape index (κ2) is 7.13. The van der Waals surface area contributed by atoms with Crippen LogP contribution in [0.4, 0.5) is 5.69 Å². The summed E-state index contributed by atoms with van der Waals surface area (Å²) in [5, 5.41) is 0. The van der Waals surface area contributed by atoms with E-state index in [0.29, 0.717) is 11.3 Å². The van der Waals surface area contributed by atoms with Crippen LogP contribution in [0.25, 0.3) is 0 Å². The van der Waals surface area contributed by atoms with Crippen LogP contribution in [0.3, 0.4) is 0 Å². The van der Waals surface area contributed by atoms with Crippen LogP contribution >= 0.6 is 0 Å². The molecule has 0 spiro atoms. The Morgan fingerprint density at radius 2 is 1.26 bits per heavy atom. The third-order valence-corrected chi connectivity index (χ3v) is 3.19. The topological polar surface area (TPSA) is 50.4 Å². The van der Waals surface area contributed by atoms with E-state index in [1.165, 1.54) is 0 Å². The van der Waals surface area contributed by atoms with Gasteiger partial charge in [0, 0.05) is 5.56 Å². The first kappa shape index (κ1) is 14.7. The molecule has 2 N–H and O–H groups in total.